The van der Waals surface area contributed by atoms with Crippen molar-refractivity contribution in [1.29, 1.82) is 0 Å². The van der Waals surface area contributed by atoms with E-state index in [1.807, 2.05) is 18.7 Å². The fraction of sp³-hybridized carbons (Fsp3) is 0.750. The molecule has 1 aromatic heterocycles. The third-order valence-electron chi connectivity index (χ3n) is 3.13. The predicted octanol–water partition coefficient (Wildman–Crippen LogP) is 2.15. The van der Waals surface area contributed by atoms with Crippen LogP contribution >= 0.6 is 11.8 Å². The minimum Gasteiger partial charge on any atom is -0.337 e. The van der Waals surface area contributed by atoms with Crippen molar-refractivity contribution in [2.24, 2.45) is 0 Å². The quantitative estimate of drug-likeness (QED) is 0.771. The second kappa shape index (κ2) is 5.73. The number of aromatic nitrogens is 2. The molecule has 0 aromatic carbocycles. The van der Waals surface area contributed by atoms with Gasteiger partial charge in [-0.1, -0.05) is 0 Å². The summed E-state index contributed by atoms with van der Waals surface area (Å²) in [6, 6.07) is 0. The molecule has 1 unspecified atom stereocenters. The summed E-state index contributed by atoms with van der Waals surface area (Å²) in [6.45, 7) is 5.71. The van der Waals surface area contributed by atoms with Crippen molar-refractivity contribution in [3.05, 3.63) is 18.7 Å². The Morgan fingerprint density at radius 3 is 3.19 bits per heavy atom. The molecule has 0 spiro atoms. The molecule has 1 aliphatic heterocycles. The molecule has 3 nitrogen and oxygen atoms in total. The van der Waals surface area contributed by atoms with E-state index in [2.05, 4.69) is 33.6 Å². The molecule has 0 bridgehead atoms. The van der Waals surface area contributed by atoms with Gasteiger partial charge in [-0.3, -0.25) is 0 Å². The average Bonchev–Trinajstić information content (AvgIpc) is 2.89. The fourth-order valence-electron chi connectivity index (χ4n) is 2.13. The summed E-state index contributed by atoms with van der Waals surface area (Å²) in [5.74, 6) is 1.34. The van der Waals surface area contributed by atoms with Crippen molar-refractivity contribution in [3.63, 3.8) is 0 Å². The molecular formula is C12H21N3S. The van der Waals surface area contributed by atoms with Gasteiger partial charge in [-0.2, -0.15) is 11.8 Å². The van der Waals surface area contributed by atoms with Crippen LogP contribution in [0.1, 0.15) is 26.2 Å². The first kappa shape index (κ1) is 12.0. The van der Waals surface area contributed by atoms with Gasteiger partial charge in [-0.15, -0.1) is 0 Å². The van der Waals surface area contributed by atoms with E-state index in [-0.39, 0.29) is 0 Å². The summed E-state index contributed by atoms with van der Waals surface area (Å²) in [5, 5.41) is 3.58. The maximum Gasteiger partial charge on any atom is 0.0945 e. The minimum absolute atomic E-state index is 0.495. The molecule has 1 saturated heterocycles. The van der Waals surface area contributed by atoms with Crippen molar-refractivity contribution in [2.75, 3.05) is 18.8 Å². The van der Waals surface area contributed by atoms with Crippen LogP contribution in [0.15, 0.2) is 18.7 Å². The Morgan fingerprint density at radius 1 is 1.56 bits per heavy atom. The van der Waals surface area contributed by atoms with Gasteiger partial charge in [-0.05, 0) is 38.5 Å². The van der Waals surface area contributed by atoms with E-state index in [0.717, 1.165) is 19.6 Å². The van der Waals surface area contributed by atoms with E-state index >= 15 is 0 Å². The lowest BCUT2D eigenvalue weighted by Crippen LogP contribution is -2.33. The largest absolute Gasteiger partial charge is 0.337 e. The highest BCUT2D eigenvalue weighted by molar-refractivity contribution is 8.00. The van der Waals surface area contributed by atoms with Crippen LogP contribution in [-0.2, 0) is 6.54 Å². The molecule has 1 fully saturated rings. The first-order valence-corrected chi connectivity index (χ1v) is 7.07. The molecule has 4 heteroatoms. The van der Waals surface area contributed by atoms with E-state index in [1.165, 1.54) is 25.0 Å². The zero-order valence-corrected chi connectivity index (χ0v) is 10.8. The van der Waals surface area contributed by atoms with Gasteiger partial charge in [0.05, 0.1) is 6.33 Å². The summed E-state index contributed by atoms with van der Waals surface area (Å²) in [7, 11) is 0. The van der Waals surface area contributed by atoms with Crippen LogP contribution in [0.25, 0.3) is 0 Å². The molecule has 0 radical (unpaired) electrons. The van der Waals surface area contributed by atoms with Crippen LogP contribution in [-0.4, -0.2) is 33.1 Å². The van der Waals surface area contributed by atoms with Crippen molar-refractivity contribution in [1.82, 2.24) is 14.9 Å². The standard InChI is InChI=1S/C12H21N3S/c1-12(4-2-9-16-12)10-13-5-3-7-15-8-6-14-11-15/h6,8,11,13H,2-5,7,9-10H2,1H3. The second-order valence-electron chi connectivity index (χ2n) is 4.73. The van der Waals surface area contributed by atoms with Crippen LogP contribution < -0.4 is 5.32 Å². The third-order valence-corrected chi connectivity index (χ3v) is 4.67. The Labute approximate surface area is 102 Å². The predicted molar refractivity (Wildman–Crippen MR) is 69.8 cm³/mol. The van der Waals surface area contributed by atoms with E-state index in [9.17, 15) is 0 Å². The molecule has 0 aliphatic carbocycles. The monoisotopic (exact) mass is 239 g/mol. The maximum absolute atomic E-state index is 4.03. The van der Waals surface area contributed by atoms with Gasteiger partial charge in [0.1, 0.15) is 0 Å². The number of thioether (sulfide) groups is 1. The summed E-state index contributed by atoms with van der Waals surface area (Å²) < 4.78 is 2.63. The number of nitrogens with one attached hydrogen (secondary N) is 1. The van der Waals surface area contributed by atoms with Gasteiger partial charge in [0.2, 0.25) is 0 Å². The first-order valence-electron chi connectivity index (χ1n) is 6.09. The fourth-order valence-corrected chi connectivity index (χ4v) is 3.41. The van der Waals surface area contributed by atoms with Crippen LogP contribution in [0.4, 0.5) is 0 Å². The Hall–Kier alpha value is -0.480. The van der Waals surface area contributed by atoms with Crippen molar-refractivity contribution >= 4 is 11.8 Å². The van der Waals surface area contributed by atoms with E-state index in [0.29, 0.717) is 4.75 Å². The molecule has 0 amide bonds. The van der Waals surface area contributed by atoms with Gasteiger partial charge in [0.25, 0.3) is 0 Å². The molecule has 1 aromatic rings. The normalized spacial score (nSPS) is 25.1. The van der Waals surface area contributed by atoms with Gasteiger partial charge < -0.3 is 9.88 Å². The zero-order valence-electron chi connectivity index (χ0n) is 9.98. The molecule has 2 heterocycles. The molecule has 90 valence electrons. The maximum atomic E-state index is 4.03. The van der Waals surface area contributed by atoms with Crippen molar-refractivity contribution in [3.8, 4) is 0 Å². The number of hydrogen-bond donors (Lipinski definition) is 1. The summed E-state index contributed by atoms with van der Waals surface area (Å²) in [5.41, 5.74) is 0. The second-order valence-corrected chi connectivity index (χ2v) is 6.42. The van der Waals surface area contributed by atoms with Crippen LogP contribution in [0.3, 0.4) is 0 Å². The summed E-state index contributed by atoms with van der Waals surface area (Å²) >= 11 is 2.12. The molecule has 1 N–H and O–H groups in total. The Kier molecular flexibility index (Phi) is 4.29. The Bertz CT molecular complexity index is 291. The van der Waals surface area contributed by atoms with Crippen molar-refractivity contribution in [2.45, 2.75) is 37.5 Å². The molecule has 1 aliphatic rings. The number of imidazole rings is 1. The lowest BCUT2D eigenvalue weighted by Gasteiger charge is -2.22. The summed E-state index contributed by atoms with van der Waals surface area (Å²) in [6.07, 6.45) is 9.67. The third kappa shape index (κ3) is 3.52. The van der Waals surface area contributed by atoms with Gasteiger partial charge >= 0.3 is 0 Å². The number of hydrogen-bond acceptors (Lipinski definition) is 3. The smallest absolute Gasteiger partial charge is 0.0945 e. The molecule has 16 heavy (non-hydrogen) atoms. The highest BCUT2D eigenvalue weighted by Gasteiger charge is 2.28. The first-order chi connectivity index (χ1) is 7.79. The number of rotatable bonds is 6. The zero-order chi connectivity index (χ0) is 11.3. The van der Waals surface area contributed by atoms with Crippen LogP contribution in [0.2, 0.25) is 0 Å². The van der Waals surface area contributed by atoms with E-state index < -0.39 is 0 Å². The van der Waals surface area contributed by atoms with Crippen LogP contribution in [0.5, 0.6) is 0 Å². The number of nitrogens with zero attached hydrogens (tertiary/aromatic N) is 2. The highest BCUT2D eigenvalue weighted by atomic mass is 32.2. The van der Waals surface area contributed by atoms with E-state index in [4.69, 9.17) is 0 Å². The SMILES string of the molecule is CC1(CNCCCn2ccnc2)CCCS1. The summed E-state index contributed by atoms with van der Waals surface area (Å²) in [4.78, 5) is 4.03. The number of aryl methyl sites for hydroxylation is 1. The average molecular weight is 239 g/mol. The van der Waals surface area contributed by atoms with Gasteiger partial charge in [-0.25, -0.2) is 4.98 Å². The van der Waals surface area contributed by atoms with E-state index in [1.54, 1.807) is 0 Å². The van der Waals surface area contributed by atoms with Gasteiger partial charge in [0.15, 0.2) is 0 Å². The van der Waals surface area contributed by atoms with Crippen LogP contribution in [0, 0.1) is 0 Å². The molecular weight excluding hydrogens is 218 g/mol. The molecule has 2 rings (SSSR count). The topological polar surface area (TPSA) is 29.9 Å². The Morgan fingerprint density at radius 2 is 2.50 bits per heavy atom. The lowest BCUT2D eigenvalue weighted by molar-refractivity contribution is 0.514. The van der Waals surface area contributed by atoms with Gasteiger partial charge in [0, 0.05) is 30.2 Å². The van der Waals surface area contributed by atoms with Crippen molar-refractivity contribution < 1.29 is 0 Å². The molecule has 0 saturated carbocycles. The minimum atomic E-state index is 0.495. The highest BCUT2D eigenvalue weighted by Crippen LogP contribution is 2.36. The Balaban J connectivity index is 1.55. The lowest BCUT2D eigenvalue weighted by atomic mass is 10.1. The molecule has 1 atom stereocenters.